The van der Waals surface area contributed by atoms with Crippen molar-refractivity contribution in [3.05, 3.63) is 77.0 Å². The third-order valence-corrected chi connectivity index (χ3v) is 4.41. The van der Waals surface area contributed by atoms with Crippen LogP contribution in [0.1, 0.15) is 48.0 Å². The van der Waals surface area contributed by atoms with Crippen molar-refractivity contribution in [2.75, 3.05) is 10.6 Å². The number of rotatable bonds is 5. The maximum atomic E-state index is 12.3. The molecule has 3 rings (SSSR count). The van der Waals surface area contributed by atoms with Gasteiger partial charge in [0.1, 0.15) is 5.76 Å². The van der Waals surface area contributed by atoms with Crippen molar-refractivity contribution in [3.63, 3.8) is 0 Å². The first-order valence-corrected chi connectivity index (χ1v) is 9.45. The molecule has 0 atom stereocenters. The monoisotopic (exact) mass is 391 g/mol. The maximum Gasteiger partial charge on any atom is 0.255 e. The van der Waals surface area contributed by atoms with E-state index in [4.69, 9.17) is 4.52 Å². The van der Waals surface area contributed by atoms with Gasteiger partial charge in [-0.3, -0.25) is 9.59 Å². The number of amides is 2. The fourth-order valence-corrected chi connectivity index (χ4v) is 2.67. The zero-order valence-electron chi connectivity index (χ0n) is 17.1. The van der Waals surface area contributed by atoms with E-state index >= 15 is 0 Å². The van der Waals surface area contributed by atoms with Gasteiger partial charge in [0.15, 0.2) is 5.82 Å². The summed E-state index contributed by atoms with van der Waals surface area (Å²) in [5, 5.41) is 9.48. The lowest BCUT2D eigenvalue weighted by molar-refractivity contribution is -0.115. The maximum absolute atomic E-state index is 12.3. The molecule has 0 saturated carbocycles. The predicted octanol–water partition coefficient (Wildman–Crippen LogP) is 4.71. The van der Waals surface area contributed by atoms with Gasteiger partial charge < -0.3 is 15.2 Å². The van der Waals surface area contributed by atoms with Crippen LogP contribution in [0.2, 0.25) is 0 Å². The van der Waals surface area contributed by atoms with Gasteiger partial charge in [0.2, 0.25) is 5.91 Å². The van der Waals surface area contributed by atoms with Gasteiger partial charge in [0, 0.05) is 22.7 Å². The van der Waals surface area contributed by atoms with Gasteiger partial charge in [-0.2, -0.15) is 0 Å². The number of nitrogens with one attached hydrogen (secondary N) is 2. The van der Waals surface area contributed by atoms with E-state index in [0.717, 1.165) is 16.8 Å². The first-order chi connectivity index (χ1) is 13.7. The van der Waals surface area contributed by atoms with Crippen molar-refractivity contribution in [2.45, 2.75) is 39.5 Å². The summed E-state index contributed by atoms with van der Waals surface area (Å²) in [6.07, 6.45) is 0.178. The third kappa shape index (κ3) is 5.54. The molecule has 0 spiro atoms. The molecule has 1 heterocycles. The van der Waals surface area contributed by atoms with Gasteiger partial charge in [0.05, 0.1) is 6.42 Å². The van der Waals surface area contributed by atoms with E-state index in [-0.39, 0.29) is 23.7 Å². The highest BCUT2D eigenvalue weighted by Gasteiger charge is 2.20. The molecule has 0 bridgehead atoms. The Labute approximate surface area is 170 Å². The lowest BCUT2D eigenvalue weighted by Gasteiger charge is -2.12. The minimum Gasteiger partial charge on any atom is -0.359 e. The SMILES string of the molecule is Cc1ccc(NC(=O)c2ccc(CC(=O)Nc3cc(C(C)(C)C)on3)cc2)cc1. The van der Waals surface area contributed by atoms with Crippen molar-refractivity contribution in [3.8, 4) is 0 Å². The van der Waals surface area contributed by atoms with E-state index in [1.165, 1.54) is 0 Å². The zero-order valence-corrected chi connectivity index (χ0v) is 17.1. The number of benzene rings is 2. The Morgan fingerprint density at radius 3 is 2.21 bits per heavy atom. The van der Waals surface area contributed by atoms with Gasteiger partial charge in [-0.1, -0.05) is 55.8 Å². The quantitative estimate of drug-likeness (QED) is 0.659. The van der Waals surface area contributed by atoms with Crippen LogP contribution < -0.4 is 10.6 Å². The fraction of sp³-hybridized carbons (Fsp3) is 0.261. The molecule has 2 amide bonds. The average Bonchev–Trinajstić information content (AvgIpc) is 3.13. The van der Waals surface area contributed by atoms with Crippen LogP contribution in [0.3, 0.4) is 0 Å². The fourth-order valence-electron chi connectivity index (χ4n) is 2.67. The molecule has 2 N–H and O–H groups in total. The molecule has 0 aliphatic carbocycles. The summed E-state index contributed by atoms with van der Waals surface area (Å²) in [4.78, 5) is 24.6. The Morgan fingerprint density at radius 2 is 1.62 bits per heavy atom. The average molecular weight is 391 g/mol. The van der Waals surface area contributed by atoms with Gasteiger partial charge in [-0.15, -0.1) is 0 Å². The van der Waals surface area contributed by atoms with Gasteiger partial charge in [0.25, 0.3) is 5.91 Å². The Kier molecular flexibility index (Phi) is 5.82. The molecule has 0 aliphatic rings. The molecule has 6 heteroatoms. The zero-order chi connectivity index (χ0) is 21.0. The van der Waals surface area contributed by atoms with Gasteiger partial charge in [-0.05, 0) is 36.8 Å². The summed E-state index contributed by atoms with van der Waals surface area (Å²) < 4.78 is 5.27. The Bertz CT molecular complexity index is 997. The Balaban J connectivity index is 1.57. The lowest BCUT2D eigenvalue weighted by atomic mass is 9.93. The third-order valence-electron chi connectivity index (χ3n) is 4.41. The number of carbonyl (C=O) groups excluding carboxylic acids is 2. The standard InChI is InChI=1S/C23H25N3O3/c1-15-5-11-18(12-6-15)24-22(28)17-9-7-16(8-10-17)13-21(27)25-20-14-19(29-26-20)23(2,3)4/h5-12,14H,13H2,1-4H3,(H,24,28)(H,25,26,27). The van der Waals surface area contributed by atoms with Gasteiger partial charge in [-0.25, -0.2) is 0 Å². The molecule has 0 fully saturated rings. The number of nitrogens with zero attached hydrogens (tertiary/aromatic N) is 1. The summed E-state index contributed by atoms with van der Waals surface area (Å²) in [5.41, 5.74) is 3.03. The smallest absolute Gasteiger partial charge is 0.255 e. The number of hydrogen-bond acceptors (Lipinski definition) is 4. The number of aryl methyl sites for hydroxylation is 1. The molecule has 0 aliphatic heterocycles. The van der Waals surface area contributed by atoms with Crippen LogP contribution in [-0.2, 0) is 16.6 Å². The number of hydrogen-bond donors (Lipinski definition) is 2. The first-order valence-electron chi connectivity index (χ1n) is 9.45. The van der Waals surface area contributed by atoms with E-state index in [1.807, 2.05) is 52.0 Å². The number of carbonyl (C=O) groups is 2. The Hall–Kier alpha value is -3.41. The summed E-state index contributed by atoms with van der Waals surface area (Å²) in [5.74, 6) is 0.712. The van der Waals surface area contributed by atoms with E-state index in [1.54, 1.807) is 30.3 Å². The number of aromatic nitrogens is 1. The predicted molar refractivity (Wildman–Crippen MR) is 113 cm³/mol. The van der Waals surface area contributed by atoms with Gasteiger partial charge >= 0.3 is 0 Å². The van der Waals surface area contributed by atoms with Crippen LogP contribution in [-0.4, -0.2) is 17.0 Å². The minimum atomic E-state index is -0.199. The molecular weight excluding hydrogens is 366 g/mol. The molecule has 2 aromatic carbocycles. The van der Waals surface area contributed by atoms with Crippen LogP contribution in [0.25, 0.3) is 0 Å². The van der Waals surface area contributed by atoms with Crippen LogP contribution in [0.4, 0.5) is 11.5 Å². The van der Waals surface area contributed by atoms with Crippen LogP contribution in [0, 0.1) is 6.92 Å². The highest BCUT2D eigenvalue weighted by molar-refractivity contribution is 6.04. The van der Waals surface area contributed by atoms with Crippen molar-refractivity contribution in [1.82, 2.24) is 5.16 Å². The molecule has 0 unspecified atom stereocenters. The molecule has 1 aromatic heterocycles. The minimum absolute atomic E-state index is 0.176. The topological polar surface area (TPSA) is 84.2 Å². The normalized spacial score (nSPS) is 11.2. The van der Waals surface area contributed by atoms with Crippen molar-refractivity contribution >= 4 is 23.3 Å². The van der Waals surface area contributed by atoms with Crippen molar-refractivity contribution in [1.29, 1.82) is 0 Å². The lowest BCUT2D eigenvalue weighted by Crippen LogP contribution is -2.15. The molecule has 6 nitrogen and oxygen atoms in total. The molecule has 3 aromatic rings. The van der Waals surface area contributed by atoms with E-state index in [2.05, 4.69) is 15.8 Å². The number of anilines is 2. The van der Waals surface area contributed by atoms with Crippen LogP contribution in [0.5, 0.6) is 0 Å². The highest BCUT2D eigenvalue weighted by atomic mass is 16.5. The highest BCUT2D eigenvalue weighted by Crippen LogP contribution is 2.24. The van der Waals surface area contributed by atoms with E-state index < -0.39 is 0 Å². The molecular formula is C23H25N3O3. The van der Waals surface area contributed by atoms with E-state index in [9.17, 15) is 9.59 Å². The molecule has 0 radical (unpaired) electrons. The Morgan fingerprint density at radius 1 is 0.966 bits per heavy atom. The second-order valence-electron chi connectivity index (χ2n) is 8.07. The molecule has 29 heavy (non-hydrogen) atoms. The summed E-state index contributed by atoms with van der Waals surface area (Å²) in [6, 6.07) is 16.3. The van der Waals surface area contributed by atoms with E-state index in [0.29, 0.717) is 17.1 Å². The summed E-state index contributed by atoms with van der Waals surface area (Å²) >= 11 is 0. The molecule has 150 valence electrons. The second-order valence-corrected chi connectivity index (χ2v) is 8.07. The molecule has 0 saturated heterocycles. The summed E-state index contributed by atoms with van der Waals surface area (Å²) in [6.45, 7) is 8.02. The van der Waals surface area contributed by atoms with Crippen LogP contribution in [0.15, 0.2) is 59.1 Å². The van der Waals surface area contributed by atoms with Crippen LogP contribution >= 0.6 is 0 Å². The first kappa shape index (κ1) is 20.3. The second kappa shape index (κ2) is 8.31. The summed E-state index contributed by atoms with van der Waals surface area (Å²) in [7, 11) is 0. The largest absolute Gasteiger partial charge is 0.359 e. The van der Waals surface area contributed by atoms with Crippen molar-refractivity contribution in [2.24, 2.45) is 0 Å². The van der Waals surface area contributed by atoms with Crippen molar-refractivity contribution < 1.29 is 14.1 Å².